The number of hydrogen-bond acceptors (Lipinski definition) is 3. The molecule has 1 aromatic carbocycles. The predicted octanol–water partition coefficient (Wildman–Crippen LogP) is 1.23. The van der Waals surface area contributed by atoms with Gasteiger partial charge in [-0.1, -0.05) is 6.07 Å². The fraction of sp³-hybridized carbons (Fsp3) is 0.400. The molecule has 1 aliphatic carbocycles. The van der Waals surface area contributed by atoms with Gasteiger partial charge in [-0.2, -0.15) is 0 Å². The van der Waals surface area contributed by atoms with Gasteiger partial charge in [0.2, 0.25) is 11.8 Å². The molecule has 3 rings (SSSR count). The first-order valence-corrected chi connectivity index (χ1v) is 7.02. The summed E-state index contributed by atoms with van der Waals surface area (Å²) >= 11 is 0. The van der Waals surface area contributed by atoms with Crippen LogP contribution in [0.15, 0.2) is 18.2 Å². The van der Waals surface area contributed by atoms with E-state index in [0.29, 0.717) is 18.4 Å². The molecule has 7 heteroatoms. The molecule has 3 N–H and O–H groups in total. The van der Waals surface area contributed by atoms with Crippen LogP contribution in [0.1, 0.15) is 30.7 Å². The highest BCUT2D eigenvalue weighted by atomic mass is 19.1. The van der Waals surface area contributed by atoms with Gasteiger partial charge < -0.3 is 15.7 Å². The second-order valence-corrected chi connectivity index (χ2v) is 5.84. The number of aliphatic carboxylic acids is 1. The van der Waals surface area contributed by atoms with Gasteiger partial charge in [0.25, 0.3) is 0 Å². The fourth-order valence-electron chi connectivity index (χ4n) is 2.67. The molecular formula is C15H15FN2O4. The van der Waals surface area contributed by atoms with Crippen LogP contribution < -0.4 is 10.6 Å². The number of fused-ring (bicyclic) bond motifs is 1. The van der Waals surface area contributed by atoms with Gasteiger partial charge in [0.05, 0.1) is 11.3 Å². The van der Waals surface area contributed by atoms with E-state index in [1.165, 1.54) is 18.2 Å². The summed E-state index contributed by atoms with van der Waals surface area (Å²) in [4.78, 5) is 35.1. The molecule has 2 aliphatic rings. The number of carboxylic acids is 1. The highest BCUT2D eigenvalue weighted by molar-refractivity contribution is 6.01. The van der Waals surface area contributed by atoms with Crippen molar-refractivity contribution in [3.8, 4) is 0 Å². The summed E-state index contributed by atoms with van der Waals surface area (Å²) in [6, 6.07) is 3.88. The molecule has 1 unspecified atom stereocenters. The number of rotatable bonds is 4. The zero-order valence-electron chi connectivity index (χ0n) is 11.7. The molecule has 0 saturated heterocycles. The lowest BCUT2D eigenvalue weighted by Crippen LogP contribution is -2.39. The smallest absolute Gasteiger partial charge is 0.311 e. The number of carbonyl (C=O) groups excluding carboxylic acids is 2. The van der Waals surface area contributed by atoms with E-state index < -0.39 is 29.0 Å². The zero-order chi connectivity index (χ0) is 15.9. The Morgan fingerprint density at radius 3 is 2.77 bits per heavy atom. The first-order chi connectivity index (χ1) is 10.4. The lowest BCUT2D eigenvalue weighted by molar-refractivity contribution is -0.143. The Bertz CT molecular complexity index is 670. The molecular weight excluding hydrogens is 291 g/mol. The van der Waals surface area contributed by atoms with E-state index in [-0.39, 0.29) is 24.6 Å². The van der Waals surface area contributed by atoms with Crippen molar-refractivity contribution < 1.29 is 23.9 Å². The van der Waals surface area contributed by atoms with Crippen LogP contribution in [-0.4, -0.2) is 29.4 Å². The Morgan fingerprint density at radius 2 is 2.14 bits per heavy atom. The standard InChI is InChI=1S/C15H15FN2O4/c16-8-1-2-9-10(6-12(19)18-11(9)5-8)13(20)17-7-15(3-4-15)14(21)22/h1-2,5,10H,3-4,6-7H2,(H,17,20)(H,18,19)(H,21,22). The highest BCUT2D eigenvalue weighted by Crippen LogP contribution is 2.45. The minimum absolute atomic E-state index is 0.0372. The number of carboxylic acid groups (broad SMARTS) is 1. The van der Waals surface area contributed by atoms with Crippen LogP contribution in [-0.2, 0) is 14.4 Å². The Labute approximate surface area is 125 Å². The summed E-state index contributed by atoms with van der Waals surface area (Å²) in [6.07, 6.45) is 1.04. The van der Waals surface area contributed by atoms with Crippen LogP contribution in [0.3, 0.4) is 0 Å². The molecule has 0 radical (unpaired) electrons. The third-order valence-electron chi connectivity index (χ3n) is 4.28. The maximum Gasteiger partial charge on any atom is 0.311 e. The number of anilines is 1. The number of nitrogens with one attached hydrogen (secondary N) is 2. The summed E-state index contributed by atoms with van der Waals surface area (Å²) in [5.74, 6) is -2.92. The van der Waals surface area contributed by atoms with Crippen LogP contribution in [0.5, 0.6) is 0 Å². The summed E-state index contributed by atoms with van der Waals surface area (Å²) in [7, 11) is 0. The van der Waals surface area contributed by atoms with Crippen LogP contribution in [0.2, 0.25) is 0 Å². The van der Waals surface area contributed by atoms with Crippen molar-refractivity contribution in [1.82, 2.24) is 5.32 Å². The van der Waals surface area contributed by atoms with E-state index >= 15 is 0 Å². The van der Waals surface area contributed by atoms with E-state index in [4.69, 9.17) is 5.11 Å². The van der Waals surface area contributed by atoms with E-state index in [0.717, 1.165) is 0 Å². The number of amides is 2. The molecule has 1 atom stereocenters. The molecule has 1 aliphatic heterocycles. The van der Waals surface area contributed by atoms with E-state index in [1.54, 1.807) is 0 Å². The summed E-state index contributed by atoms with van der Waals surface area (Å²) in [6.45, 7) is 0.0514. The van der Waals surface area contributed by atoms with E-state index in [2.05, 4.69) is 10.6 Å². The van der Waals surface area contributed by atoms with Gasteiger partial charge in [-0.3, -0.25) is 14.4 Å². The van der Waals surface area contributed by atoms with Crippen molar-refractivity contribution in [2.45, 2.75) is 25.2 Å². The average Bonchev–Trinajstić information content (AvgIpc) is 3.24. The lowest BCUT2D eigenvalue weighted by atomic mass is 9.89. The Morgan fingerprint density at radius 1 is 1.41 bits per heavy atom. The fourth-order valence-corrected chi connectivity index (χ4v) is 2.67. The quantitative estimate of drug-likeness (QED) is 0.779. The number of carbonyl (C=O) groups is 3. The van der Waals surface area contributed by atoms with Crippen molar-refractivity contribution in [3.63, 3.8) is 0 Å². The van der Waals surface area contributed by atoms with Gasteiger partial charge >= 0.3 is 5.97 Å². The molecule has 0 bridgehead atoms. The average molecular weight is 306 g/mol. The second-order valence-electron chi connectivity index (χ2n) is 5.84. The summed E-state index contributed by atoms with van der Waals surface area (Å²) in [5, 5.41) is 14.3. The van der Waals surface area contributed by atoms with Gasteiger partial charge in [0.15, 0.2) is 0 Å². The van der Waals surface area contributed by atoms with Crippen LogP contribution in [0.25, 0.3) is 0 Å². The molecule has 1 fully saturated rings. The van der Waals surface area contributed by atoms with Crippen molar-refractivity contribution in [1.29, 1.82) is 0 Å². The Balaban J connectivity index is 1.76. The first-order valence-electron chi connectivity index (χ1n) is 7.02. The molecule has 0 aromatic heterocycles. The number of hydrogen-bond donors (Lipinski definition) is 3. The number of benzene rings is 1. The minimum Gasteiger partial charge on any atom is -0.481 e. The Hall–Kier alpha value is -2.44. The van der Waals surface area contributed by atoms with Crippen molar-refractivity contribution in [2.75, 3.05) is 11.9 Å². The third kappa shape index (κ3) is 2.54. The highest BCUT2D eigenvalue weighted by Gasteiger charge is 2.50. The molecule has 1 saturated carbocycles. The maximum atomic E-state index is 13.2. The van der Waals surface area contributed by atoms with Gasteiger partial charge in [0, 0.05) is 18.7 Å². The van der Waals surface area contributed by atoms with Crippen molar-refractivity contribution in [3.05, 3.63) is 29.6 Å². The van der Waals surface area contributed by atoms with E-state index in [1.807, 2.05) is 0 Å². The van der Waals surface area contributed by atoms with Crippen molar-refractivity contribution in [2.24, 2.45) is 5.41 Å². The van der Waals surface area contributed by atoms with Gasteiger partial charge in [-0.25, -0.2) is 4.39 Å². The first kappa shape index (κ1) is 14.5. The monoisotopic (exact) mass is 306 g/mol. The van der Waals surface area contributed by atoms with E-state index in [9.17, 15) is 18.8 Å². The SMILES string of the molecule is O=C1CC(C(=O)NCC2(C(=O)O)CC2)c2ccc(F)cc2N1. The van der Waals surface area contributed by atoms with Gasteiger partial charge in [-0.15, -0.1) is 0 Å². The van der Waals surface area contributed by atoms with Gasteiger partial charge in [0.1, 0.15) is 5.82 Å². The predicted molar refractivity (Wildman–Crippen MR) is 74.7 cm³/mol. The molecule has 1 heterocycles. The summed E-state index contributed by atoms with van der Waals surface area (Å²) < 4.78 is 13.2. The lowest BCUT2D eigenvalue weighted by Gasteiger charge is -2.25. The molecule has 22 heavy (non-hydrogen) atoms. The molecule has 116 valence electrons. The third-order valence-corrected chi connectivity index (χ3v) is 4.28. The Kier molecular flexibility index (Phi) is 3.35. The molecule has 0 spiro atoms. The molecule has 1 aromatic rings. The summed E-state index contributed by atoms with van der Waals surface area (Å²) in [5.41, 5.74) is -0.0347. The second kappa shape index (κ2) is 5.08. The molecule has 2 amide bonds. The normalized spacial score (nSPS) is 21.5. The van der Waals surface area contributed by atoms with Crippen molar-refractivity contribution >= 4 is 23.5 Å². The number of halogens is 1. The molecule has 6 nitrogen and oxygen atoms in total. The maximum absolute atomic E-state index is 13.2. The topological polar surface area (TPSA) is 95.5 Å². The van der Waals surface area contributed by atoms with Crippen LogP contribution in [0.4, 0.5) is 10.1 Å². The minimum atomic E-state index is -0.920. The van der Waals surface area contributed by atoms with Crippen LogP contribution >= 0.6 is 0 Å². The zero-order valence-corrected chi connectivity index (χ0v) is 11.7. The van der Waals surface area contributed by atoms with Gasteiger partial charge in [-0.05, 0) is 30.5 Å². The van der Waals surface area contributed by atoms with Crippen LogP contribution in [0, 0.1) is 11.2 Å². The largest absolute Gasteiger partial charge is 0.481 e.